The van der Waals surface area contributed by atoms with Crippen molar-refractivity contribution < 1.29 is 28.5 Å². The molecule has 7 nitrogen and oxygen atoms in total. The minimum absolute atomic E-state index is 0.121. The number of carbonyl (C=O) groups excluding carboxylic acids is 2. The second-order valence-electron chi connectivity index (χ2n) is 6.68. The van der Waals surface area contributed by atoms with E-state index in [1.165, 1.54) is 4.90 Å². The van der Waals surface area contributed by atoms with Gasteiger partial charge in [0.2, 0.25) is 0 Å². The molecule has 27 heavy (non-hydrogen) atoms. The van der Waals surface area contributed by atoms with Crippen LogP contribution in [-0.4, -0.2) is 50.4 Å². The number of hydrogen-bond acceptors (Lipinski definition) is 6. The fourth-order valence-electron chi connectivity index (χ4n) is 2.96. The van der Waals surface area contributed by atoms with Crippen LogP contribution >= 0.6 is 0 Å². The molecule has 5 rings (SSSR count). The number of ether oxygens (including phenoxy) is 4. The lowest BCUT2D eigenvalue weighted by Crippen LogP contribution is -2.29. The van der Waals surface area contributed by atoms with Gasteiger partial charge in [0.1, 0.15) is 36.9 Å². The van der Waals surface area contributed by atoms with Gasteiger partial charge >= 0.3 is 0 Å². The maximum absolute atomic E-state index is 12.9. The van der Waals surface area contributed by atoms with Gasteiger partial charge < -0.3 is 18.9 Å². The zero-order chi connectivity index (χ0) is 18.4. The third-order valence-electron chi connectivity index (χ3n) is 4.61. The summed E-state index contributed by atoms with van der Waals surface area (Å²) in [5.41, 5.74) is 1.18. The van der Waals surface area contributed by atoms with Crippen LogP contribution in [0.15, 0.2) is 42.5 Å². The van der Waals surface area contributed by atoms with E-state index < -0.39 is 0 Å². The molecule has 2 unspecified atom stereocenters. The third kappa shape index (κ3) is 3.27. The molecule has 2 atom stereocenters. The van der Waals surface area contributed by atoms with Crippen molar-refractivity contribution in [2.75, 3.05) is 31.3 Å². The van der Waals surface area contributed by atoms with E-state index in [9.17, 15) is 9.59 Å². The van der Waals surface area contributed by atoms with Crippen molar-refractivity contribution in [2.45, 2.75) is 12.2 Å². The number of anilines is 1. The normalized spacial score (nSPS) is 22.6. The van der Waals surface area contributed by atoms with Gasteiger partial charge in [-0.2, -0.15) is 0 Å². The highest BCUT2D eigenvalue weighted by atomic mass is 16.6. The molecule has 0 bridgehead atoms. The smallest absolute Gasteiger partial charge is 0.266 e. The molecule has 0 spiro atoms. The minimum atomic E-state index is -0.370. The van der Waals surface area contributed by atoms with Gasteiger partial charge in [0.15, 0.2) is 0 Å². The molecule has 2 aromatic carbocycles. The molecule has 3 aliphatic rings. The Labute approximate surface area is 155 Å². The molecule has 0 radical (unpaired) electrons. The molecule has 2 amide bonds. The highest BCUT2D eigenvalue weighted by Crippen LogP contribution is 2.32. The highest BCUT2D eigenvalue weighted by Gasteiger charge is 2.37. The molecule has 2 aromatic rings. The fourth-order valence-corrected chi connectivity index (χ4v) is 2.96. The van der Waals surface area contributed by atoms with Crippen LogP contribution in [0.1, 0.15) is 20.7 Å². The van der Waals surface area contributed by atoms with Gasteiger partial charge in [-0.05, 0) is 30.3 Å². The van der Waals surface area contributed by atoms with Crippen LogP contribution in [0, 0.1) is 0 Å². The van der Waals surface area contributed by atoms with E-state index in [1.54, 1.807) is 42.5 Å². The Morgan fingerprint density at radius 1 is 0.852 bits per heavy atom. The second-order valence-corrected chi connectivity index (χ2v) is 6.68. The predicted octanol–water partition coefficient (Wildman–Crippen LogP) is 2.04. The number of nitrogens with zero attached hydrogens (tertiary/aromatic N) is 1. The summed E-state index contributed by atoms with van der Waals surface area (Å²) >= 11 is 0. The standard InChI is InChI=1S/C20H17NO6/c22-19-17-5-4-14(25-9-16-11-27-16)7-18(17)20(23)21(19)12-2-1-3-13(6-12)24-8-15-10-26-15/h1-7,15-16H,8-11H2. The fraction of sp³-hybridized carbons (Fsp3) is 0.300. The molecule has 0 aromatic heterocycles. The molecular weight excluding hydrogens is 350 g/mol. The van der Waals surface area contributed by atoms with E-state index >= 15 is 0 Å². The zero-order valence-corrected chi connectivity index (χ0v) is 14.4. The van der Waals surface area contributed by atoms with Gasteiger partial charge in [-0.25, -0.2) is 4.90 Å². The third-order valence-corrected chi connectivity index (χ3v) is 4.61. The van der Waals surface area contributed by atoms with Crippen LogP contribution in [0.4, 0.5) is 5.69 Å². The lowest BCUT2D eigenvalue weighted by molar-refractivity contribution is 0.0926. The summed E-state index contributed by atoms with van der Waals surface area (Å²) in [6.45, 7) is 2.29. The van der Waals surface area contributed by atoms with Crippen molar-refractivity contribution in [3.63, 3.8) is 0 Å². The van der Waals surface area contributed by atoms with E-state index in [-0.39, 0.29) is 24.0 Å². The van der Waals surface area contributed by atoms with Crippen LogP contribution in [0.3, 0.4) is 0 Å². The Morgan fingerprint density at radius 2 is 1.48 bits per heavy atom. The lowest BCUT2D eigenvalue weighted by Gasteiger charge is -2.15. The highest BCUT2D eigenvalue weighted by molar-refractivity contribution is 6.34. The minimum Gasteiger partial charge on any atom is -0.491 e. The van der Waals surface area contributed by atoms with Gasteiger partial charge in [0.25, 0.3) is 11.8 Å². The van der Waals surface area contributed by atoms with Gasteiger partial charge in [-0.1, -0.05) is 6.07 Å². The van der Waals surface area contributed by atoms with Crippen molar-refractivity contribution in [1.29, 1.82) is 0 Å². The first-order valence-electron chi connectivity index (χ1n) is 8.81. The lowest BCUT2D eigenvalue weighted by atomic mass is 10.1. The van der Waals surface area contributed by atoms with Gasteiger partial charge in [-0.3, -0.25) is 9.59 Å². The zero-order valence-electron chi connectivity index (χ0n) is 14.4. The monoisotopic (exact) mass is 367 g/mol. The number of fused-ring (bicyclic) bond motifs is 1. The number of hydrogen-bond donors (Lipinski definition) is 0. The summed E-state index contributed by atoms with van der Waals surface area (Å²) < 4.78 is 21.5. The van der Waals surface area contributed by atoms with E-state index in [0.717, 1.165) is 0 Å². The van der Waals surface area contributed by atoms with E-state index in [0.29, 0.717) is 54.7 Å². The molecule has 0 saturated carbocycles. The first-order chi connectivity index (χ1) is 13.2. The molecule has 0 aliphatic carbocycles. The summed E-state index contributed by atoms with van der Waals surface area (Å²) in [6.07, 6.45) is 0.253. The molecule has 3 heterocycles. The number of amides is 2. The van der Waals surface area contributed by atoms with E-state index in [2.05, 4.69) is 0 Å². The SMILES string of the molecule is O=C1c2ccc(OCC3CO3)cc2C(=O)N1c1cccc(OCC2CO2)c1. The van der Waals surface area contributed by atoms with Crippen molar-refractivity contribution in [3.05, 3.63) is 53.6 Å². The average molecular weight is 367 g/mol. The Bertz CT molecular complexity index is 918. The van der Waals surface area contributed by atoms with Crippen molar-refractivity contribution in [1.82, 2.24) is 0 Å². The van der Waals surface area contributed by atoms with E-state index in [1.807, 2.05) is 0 Å². The molecule has 2 saturated heterocycles. The number of imide groups is 1. The first kappa shape index (κ1) is 16.3. The summed E-state index contributed by atoms with van der Waals surface area (Å²) in [5.74, 6) is 0.419. The molecule has 138 valence electrons. The van der Waals surface area contributed by atoms with Crippen LogP contribution in [0.5, 0.6) is 11.5 Å². The maximum atomic E-state index is 12.9. The summed E-state index contributed by atoms with van der Waals surface area (Å²) in [4.78, 5) is 26.8. The topological polar surface area (TPSA) is 80.9 Å². The number of carbonyl (C=O) groups is 2. The predicted molar refractivity (Wildman–Crippen MR) is 94.5 cm³/mol. The molecule has 7 heteroatoms. The first-order valence-corrected chi connectivity index (χ1v) is 8.81. The number of benzene rings is 2. The largest absolute Gasteiger partial charge is 0.491 e. The van der Waals surface area contributed by atoms with Crippen LogP contribution < -0.4 is 14.4 Å². The Kier molecular flexibility index (Phi) is 3.84. The summed E-state index contributed by atoms with van der Waals surface area (Å²) in [7, 11) is 0. The van der Waals surface area contributed by atoms with Crippen LogP contribution in [-0.2, 0) is 9.47 Å². The quantitative estimate of drug-likeness (QED) is 0.550. The molecular formula is C20H17NO6. The Hall–Kier alpha value is -2.90. The van der Waals surface area contributed by atoms with Crippen molar-refractivity contribution in [2.24, 2.45) is 0 Å². The van der Waals surface area contributed by atoms with Gasteiger partial charge in [-0.15, -0.1) is 0 Å². The number of rotatable bonds is 7. The Morgan fingerprint density at radius 3 is 2.15 bits per heavy atom. The van der Waals surface area contributed by atoms with Crippen LogP contribution in [0.2, 0.25) is 0 Å². The molecule has 0 N–H and O–H groups in total. The second kappa shape index (κ2) is 6.37. The average Bonchev–Trinajstić information content (AvgIpc) is 3.60. The molecule has 3 aliphatic heterocycles. The molecule has 2 fully saturated rings. The Balaban J connectivity index is 1.37. The van der Waals surface area contributed by atoms with E-state index in [4.69, 9.17) is 18.9 Å². The number of epoxide rings is 2. The maximum Gasteiger partial charge on any atom is 0.266 e. The van der Waals surface area contributed by atoms with Crippen molar-refractivity contribution >= 4 is 17.5 Å². The van der Waals surface area contributed by atoms with Crippen molar-refractivity contribution in [3.8, 4) is 11.5 Å². The van der Waals surface area contributed by atoms with Gasteiger partial charge in [0.05, 0.1) is 30.0 Å². The van der Waals surface area contributed by atoms with Crippen LogP contribution in [0.25, 0.3) is 0 Å². The summed E-state index contributed by atoms with van der Waals surface area (Å²) in [5, 5.41) is 0. The van der Waals surface area contributed by atoms with Gasteiger partial charge in [0, 0.05) is 6.07 Å². The summed E-state index contributed by atoms with van der Waals surface area (Å²) in [6, 6.07) is 11.9.